The van der Waals surface area contributed by atoms with E-state index >= 15 is 0 Å². The molecule has 0 atom stereocenters. The van der Waals surface area contributed by atoms with Crippen molar-refractivity contribution in [1.29, 1.82) is 0 Å². The van der Waals surface area contributed by atoms with Crippen molar-refractivity contribution in [2.45, 2.75) is 0 Å². The van der Waals surface area contributed by atoms with Crippen molar-refractivity contribution < 1.29 is 4.39 Å². The maximum atomic E-state index is 12.6. The second-order valence-corrected chi connectivity index (χ2v) is 2.89. The molecule has 0 aliphatic carbocycles. The minimum absolute atomic E-state index is 0.219. The van der Waals surface area contributed by atoms with Crippen molar-refractivity contribution in [2.24, 2.45) is 0 Å². The summed E-state index contributed by atoms with van der Waals surface area (Å²) in [5.74, 6) is -0.219. The molecule has 0 spiro atoms. The van der Waals surface area contributed by atoms with Crippen molar-refractivity contribution in [3.8, 4) is 0 Å². The largest absolute Gasteiger partial charge is 0.345 e. The third-order valence-electron chi connectivity index (χ3n) is 1.84. The van der Waals surface area contributed by atoms with E-state index in [0.717, 1.165) is 11.3 Å². The van der Waals surface area contributed by atoms with Gasteiger partial charge in [0.25, 0.3) is 0 Å². The highest BCUT2D eigenvalue weighted by atomic mass is 19.1. The van der Waals surface area contributed by atoms with Gasteiger partial charge in [-0.15, -0.1) is 0 Å². The minimum atomic E-state index is -0.219. The van der Waals surface area contributed by atoms with Gasteiger partial charge < -0.3 is 4.98 Å². The number of hydrogen-bond donors (Lipinski definition) is 1. The van der Waals surface area contributed by atoms with Gasteiger partial charge in [-0.2, -0.15) is 0 Å². The molecule has 2 aromatic rings. The summed E-state index contributed by atoms with van der Waals surface area (Å²) in [6.45, 7) is 0. The molecule has 0 saturated heterocycles. The van der Waals surface area contributed by atoms with Crippen LogP contribution in [0.2, 0.25) is 0 Å². The van der Waals surface area contributed by atoms with Gasteiger partial charge in [-0.05, 0) is 23.8 Å². The molecule has 1 N–H and O–H groups in total. The van der Waals surface area contributed by atoms with E-state index in [9.17, 15) is 4.39 Å². The number of H-pyrrole nitrogens is 1. The molecule has 0 aliphatic heterocycles. The van der Waals surface area contributed by atoms with Crippen molar-refractivity contribution in [3.05, 3.63) is 53.9 Å². The fourth-order valence-corrected chi connectivity index (χ4v) is 1.12. The van der Waals surface area contributed by atoms with Crippen LogP contribution in [-0.4, -0.2) is 9.97 Å². The standard InChI is InChI=1S/C11H9FN2/c12-10-4-1-9(2-5-10)3-6-11-7-13-8-14-11/h1-8H,(H,13,14)/b6-3+. The summed E-state index contributed by atoms with van der Waals surface area (Å²) in [5.41, 5.74) is 1.88. The normalized spacial score (nSPS) is 10.9. The second-order valence-electron chi connectivity index (χ2n) is 2.89. The maximum Gasteiger partial charge on any atom is 0.123 e. The molecular formula is C11H9FN2. The number of nitrogens with zero attached hydrogens (tertiary/aromatic N) is 1. The maximum absolute atomic E-state index is 12.6. The SMILES string of the molecule is Fc1ccc(/C=C/c2cnc[nH]2)cc1. The van der Waals surface area contributed by atoms with Crippen LogP contribution in [0.3, 0.4) is 0 Å². The monoisotopic (exact) mass is 188 g/mol. The van der Waals surface area contributed by atoms with Gasteiger partial charge in [0.05, 0.1) is 18.2 Å². The number of halogens is 1. The summed E-state index contributed by atoms with van der Waals surface area (Å²) in [5, 5.41) is 0. The van der Waals surface area contributed by atoms with E-state index in [4.69, 9.17) is 0 Å². The zero-order chi connectivity index (χ0) is 9.80. The Kier molecular flexibility index (Phi) is 2.40. The van der Waals surface area contributed by atoms with Crippen LogP contribution in [0.1, 0.15) is 11.3 Å². The Bertz CT molecular complexity index is 415. The number of hydrogen-bond acceptors (Lipinski definition) is 1. The fraction of sp³-hybridized carbons (Fsp3) is 0. The van der Waals surface area contributed by atoms with Gasteiger partial charge in [-0.1, -0.05) is 18.2 Å². The number of aromatic amines is 1. The van der Waals surface area contributed by atoms with Crippen molar-refractivity contribution in [3.63, 3.8) is 0 Å². The van der Waals surface area contributed by atoms with Gasteiger partial charge >= 0.3 is 0 Å². The lowest BCUT2D eigenvalue weighted by atomic mass is 10.2. The first-order valence-corrected chi connectivity index (χ1v) is 4.26. The first kappa shape index (κ1) is 8.69. The number of rotatable bonds is 2. The van der Waals surface area contributed by atoms with Crippen LogP contribution in [0, 0.1) is 5.82 Å². The zero-order valence-corrected chi connectivity index (χ0v) is 7.44. The van der Waals surface area contributed by atoms with Gasteiger partial charge in [-0.3, -0.25) is 0 Å². The molecule has 2 nitrogen and oxygen atoms in total. The van der Waals surface area contributed by atoms with Gasteiger partial charge in [0, 0.05) is 0 Å². The summed E-state index contributed by atoms with van der Waals surface area (Å²) in [6, 6.07) is 6.32. The summed E-state index contributed by atoms with van der Waals surface area (Å²) in [7, 11) is 0. The summed E-state index contributed by atoms with van der Waals surface area (Å²) < 4.78 is 12.6. The Hall–Kier alpha value is -1.90. The third-order valence-corrected chi connectivity index (χ3v) is 1.84. The first-order valence-electron chi connectivity index (χ1n) is 4.26. The van der Waals surface area contributed by atoms with Gasteiger partial charge in [0.1, 0.15) is 5.82 Å². The van der Waals surface area contributed by atoms with E-state index < -0.39 is 0 Å². The predicted molar refractivity (Wildman–Crippen MR) is 53.9 cm³/mol. The molecule has 1 heterocycles. The fourth-order valence-electron chi connectivity index (χ4n) is 1.12. The van der Waals surface area contributed by atoms with Crippen molar-refractivity contribution in [1.82, 2.24) is 9.97 Å². The minimum Gasteiger partial charge on any atom is -0.345 e. The van der Waals surface area contributed by atoms with Crippen LogP contribution in [0.4, 0.5) is 4.39 Å². The average Bonchev–Trinajstić information content (AvgIpc) is 2.70. The lowest BCUT2D eigenvalue weighted by Crippen LogP contribution is -1.74. The van der Waals surface area contributed by atoms with E-state index in [1.807, 2.05) is 12.2 Å². The lowest BCUT2D eigenvalue weighted by molar-refractivity contribution is 0.628. The van der Waals surface area contributed by atoms with Crippen LogP contribution >= 0.6 is 0 Å². The molecule has 14 heavy (non-hydrogen) atoms. The second kappa shape index (κ2) is 3.87. The highest BCUT2D eigenvalue weighted by molar-refractivity contribution is 5.67. The molecule has 0 amide bonds. The topological polar surface area (TPSA) is 28.7 Å². The van der Waals surface area contributed by atoms with Crippen LogP contribution in [0.15, 0.2) is 36.8 Å². The van der Waals surface area contributed by atoms with Crippen LogP contribution in [-0.2, 0) is 0 Å². The molecule has 0 radical (unpaired) electrons. The third kappa shape index (κ3) is 2.07. The summed E-state index contributed by atoms with van der Waals surface area (Å²) in [4.78, 5) is 6.83. The van der Waals surface area contributed by atoms with E-state index in [2.05, 4.69) is 9.97 Å². The number of nitrogens with one attached hydrogen (secondary N) is 1. The van der Waals surface area contributed by atoms with E-state index in [1.54, 1.807) is 24.7 Å². The molecular weight excluding hydrogens is 179 g/mol. The molecule has 1 aromatic carbocycles. The molecule has 0 unspecified atom stereocenters. The summed E-state index contributed by atoms with van der Waals surface area (Å²) in [6.07, 6.45) is 7.12. The molecule has 0 fully saturated rings. The number of benzene rings is 1. The molecule has 0 saturated carbocycles. The number of imidazole rings is 1. The lowest BCUT2D eigenvalue weighted by Gasteiger charge is -1.91. The molecule has 1 aromatic heterocycles. The molecule has 2 rings (SSSR count). The molecule has 0 bridgehead atoms. The Labute approximate surface area is 81.1 Å². The van der Waals surface area contributed by atoms with Gasteiger partial charge in [-0.25, -0.2) is 9.37 Å². The molecule has 70 valence electrons. The Morgan fingerprint density at radius 1 is 1.14 bits per heavy atom. The van der Waals surface area contributed by atoms with E-state index in [0.29, 0.717) is 0 Å². The van der Waals surface area contributed by atoms with Crippen molar-refractivity contribution in [2.75, 3.05) is 0 Å². The Morgan fingerprint density at radius 2 is 1.93 bits per heavy atom. The average molecular weight is 188 g/mol. The first-order chi connectivity index (χ1) is 6.84. The van der Waals surface area contributed by atoms with E-state index in [1.165, 1.54) is 12.1 Å². The van der Waals surface area contributed by atoms with Crippen LogP contribution in [0.5, 0.6) is 0 Å². The van der Waals surface area contributed by atoms with E-state index in [-0.39, 0.29) is 5.82 Å². The Balaban J connectivity index is 2.15. The molecule has 0 aliphatic rings. The van der Waals surface area contributed by atoms with Gasteiger partial charge in [0.15, 0.2) is 0 Å². The highest BCUT2D eigenvalue weighted by Gasteiger charge is 1.89. The summed E-state index contributed by atoms with van der Waals surface area (Å²) >= 11 is 0. The Morgan fingerprint density at radius 3 is 2.57 bits per heavy atom. The smallest absolute Gasteiger partial charge is 0.123 e. The van der Waals surface area contributed by atoms with Gasteiger partial charge in [0.2, 0.25) is 0 Å². The van der Waals surface area contributed by atoms with Crippen molar-refractivity contribution >= 4 is 12.2 Å². The quantitative estimate of drug-likeness (QED) is 0.771. The van der Waals surface area contributed by atoms with Crippen LogP contribution < -0.4 is 0 Å². The van der Waals surface area contributed by atoms with Crippen LogP contribution in [0.25, 0.3) is 12.2 Å². The molecule has 3 heteroatoms. The predicted octanol–water partition coefficient (Wildman–Crippen LogP) is 2.72. The highest BCUT2D eigenvalue weighted by Crippen LogP contribution is 2.06. The zero-order valence-electron chi connectivity index (χ0n) is 7.44. The number of aromatic nitrogens is 2.